The van der Waals surface area contributed by atoms with Crippen molar-refractivity contribution in [3.63, 3.8) is 0 Å². The van der Waals surface area contributed by atoms with Crippen molar-refractivity contribution in [1.82, 2.24) is 15.4 Å². The number of sulfonamides is 1. The van der Waals surface area contributed by atoms with Gasteiger partial charge in [0.25, 0.3) is 0 Å². The zero-order valence-corrected chi connectivity index (χ0v) is 19.4. The number of aldehydes is 1. The third-order valence-electron chi connectivity index (χ3n) is 3.76. The molecule has 0 heterocycles. The minimum Gasteiger partial charge on any atom is -0.344 e. The van der Waals surface area contributed by atoms with Gasteiger partial charge < -0.3 is 20.7 Å². The molecule has 0 bridgehead atoms. The number of rotatable bonds is 9. The number of halogens is 1. The van der Waals surface area contributed by atoms with E-state index in [1.165, 1.54) is 0 Å². The van der Waals surface area contributed by atoms with Gasteiger partial charge >= 0.3 is 11.8 Å². The van der Waals surface area contributed by atoms with Crippen LogP contribution in [0.4, 0.5) is 5.69 Å². The summed E-state index contributed by atoms with van der Waals surface area (Å²) in [7, 11) is -3.82. The van der Waals surface area contributed by atoms with Gasteiger partial charge in [-0.15, -0.1) is 0 Å². The van der Waals surface area contributed by atoms with Gasteiger partial charge in [0.2, 0.25) is 21.8 Å². The van der Waals surface area contributed by atoms with Crippen LogP contribution in [0.25, 0.3) is 0 Å². The molecular weight excluding hydrogens is 496 g/mol. The lowest BCUT2D eigenvalue weighted by atomic mass is 10.0. The Morgan fingerprint density at radius 1 is 1.06 bits per heavy atom. The highest BCUT2D eigenvalue weighted by molar-refractivity contribution is 9.10. The highest BCUT2D eigenvalue weighted by Gasteiger charge is 2.29. The van der Waals surface area contributed by atoms with Crippen LogP contribution in [0, 0.1) is 5.92 Å². The normalized spacial score (nSPS) is 12.9. The van der Waals surface area contributed by atoms with Crippen molar-refractivity contribution in [3.05, 3.63) is 28.7 Å². The summed E-state index contributed by atoms with van der Waals surface area (Å²) < 4.78 is 24.4. The Morgan fingerprint density at radius 3 is 2.19 bits per heavy atom. The Morgan fingerprint density at radius 2 is 1.68 bits per heavy atom. The highest BCUT2D eigenvalue weighted by Crippen LogP contribution is 2.20. The first kappa shape index (κ1) is 26.2. The summed E-state index contributed by atoms with van der Waals surface area (Å²) in [4.78, 5) is 59.8. The fourth-order valence-corrected chi connectivity index (χ4v) is 3.22. The first-order valence-electron chi connectivity index (χ1n) is 8.96. The predicted octanol–water partition coefficient (Wildman–Crippen LogP) is -0.322. The molecule has 0 aliphatic heterocycles. The Kier molecular flexibility index (Phi) is 9.78. The van der Waals surface area contributed by atoms with Crippen LogP contribution in [-0.2, 0) is 34.0 Å². The standard InChI is InChI=1S/C18H23BrN4O7S/c1-10(2)15(16(26)20-11(9-24)8-14(25)23-31(3,29)30)22-18(28)17(27)21-13-7-5-4-6-12(13)19/h4-7,9-11,15H,8H2,1-3H3,(H,20,26)(H,21,27)(H,22,28)(H,23,25). The van der Waals surface area contributed by atoms with E-state index in [0.717, 1.165) is 6.26 Å². The number of hydrogen-bond donors (Lipinski definition) is 4. The number of carbonyl (C=O) groups is 5. The summed E-state index contributed by atoms with van der Waals surface area (Å²) in [5.74, 6) is -4.37. The maximum Gasteiger partial charge on any atom is 0.313 e. The Balaban J connectivity index is 2.78. The van der Waals surface area contributed by atoms with Gasteiger partial charge in [0.15, 0.2) is 0 Å². The summed E-state index contributed by atoms with van der Waals surface area (Å²) in [6.07, 6.45) is 0.408. The van der Waals surface area contributed by atoms with Gasteiger partial charge in [0.1, 0.15) is 12.3 Å². The lowest BCUT2D eigenvalue weighted by molar-refractivity contribution is -0.138. The monoisotopic (exact) mass is 518 g/mol. The lowest BCUT2D eigenvalue weighted by Gasteiger charge is -2.23. The molecule has 0 aliphatic rings. The molecule has 1 aromatic rings. The predicted molar refractivity (Wildman–Crippen MR) is 115 cm³/mol. The van der Waals surface area contributed by atoms with Crippen molar-refractivity contribution in [3.8, 4) is 0 Å². The molecule has 0 fully saturated rings. The Labute approximate surface area is 187 Å². The van der Waals surface area contributed by atoms with Gasteiger partial charge in [0.05, 0.1) is 24.4 Å². The summed E-state index contributed by atoms with van der Waals surface area (Å²) >= 11 is 3.23. The molecule has 0 radical (unpaired) electrons. The molecule has 0 spiro atoms. The van der Waals surface area contributed by atoms with Crippen LogP contribution in [0.5, 0.6) is 0 Å². The van der Waals surface area contributed by atoms with Crippen molar-refractivity contribution >= 4 is 61.6 Å². The second-order valence-electron chi connectivity index (χ2n) is 6.88. The number of hydrogen-bond acceptors (Lipinski definition) is 7. The fourth-order valence-electron chi connectivity index (χ4n) is 2.34. The van der Waals surface area contributed by atoms with Crippen LogP contribution >= 0.6 is 15.9 Å². The molecule has 2 unspecified atom stereocenters. The van der Waals surface area contributed by atoms with Crippen molar-refractivity contribution in [2.75, 3.05) is 11.6 Å². The molecule has 0 aromatic heterocycles. The second kappa shape index (κ2) is 11.6. The topological polar surface area (TPSA) is 168 Å². The van der Waals surface area contributed by atoms with E-state index < -0.39 is 58.1 Å². The minimum atomic E-state index is -3.82. The quantitative estimate of drug-likeness (QED) is 0.256. The van der Waals surface area contributed by atoms with E-state index in [2.05, 4.69) is 31.9 Å². The van der Waals surface area contributed by atoms with E-state index in [9.17, 15) is 32.4 Å². The number of anilines is 1. The van der Waals surface area contributed by atoms with Gasteiger partial charge in [-0.05, 0) is 34.0 Å². The van der Waals surface area contributed by atoms with E-state index in [4.69, 9.17) is 0 Å². The van der Waals surface area contributed by atoms with Crippen LogP contribution in [-0.4, -0.2) is 56.7 Å². The van der Waals surface area contributed by atoms with Gasteiger partial charge in [-0.3, -0.25) is 23.9 Å². The maximum absolute atomic E-state index is 12.5. The van der Waals surface area contributed by atoms with Gasteiger partial charge in [-0.1, -0.05) is 26.0 Å². The number of nitrogens with one attached hydrogen (secondary N) is 4. The average molecular weight is 519 g/mol. The average Bonchev–Trinajstić information content (AvgIpc) is 2.65. The molecule has 0 aliphatic carbocycles. The van der Waals surface area contributed by atoms with Crippen LogP contribution < -0.4 is 20.7 Å². The van der Waals surface area contributed by atoms with Gasteiger partial charge in [-0.2, -0.15) is 0 Å². The van der Waals surface area contributed by atoms with Crippen molar-refractivity contribution in [1.29, 1.82) is 0 Å². The van der Waals surface area contributed by atoms with Crippen LogP contribution in [0.3, 0.4) is 0 Å². The lowest BCUT2D eigenvalue weighted by Crippen LogP contribution is -2.54. The first-order valence-corrected chi connectivity index (χ1v) is 11.6. The van der Waals surface area contributed by atoms with Crippen molar-refractivity contribution in [2.24, 2.45) is 5.92 Å². The van der Waals surface area contributed by atoms with Crippen molar-refractivity contribution < 1.29 is 32.4 Å². The summed E-state index contributed by atoms with van der Waals surface area (Å²) in [6, 6.07) is 4.08. The second-order valence-corrected chi connectivity index (χ2v) is 9.48. The molecule has 4 amide bonds. The number of carbonyl (C=O) groups excluding carboxylic acids is 5. The third kappa shape index (κ3) is 9.26. The summed E-state index contributed by atoms with van der Waals surface area (Å²) in [5, 5.41) is 6.93. The van der Waals surface area contributed by atoms with Crippen LogP contribution in [0.2, 0.25) is 0 Å². The van der Waals surface area contributed by atoms with E-state index in [1.54, 1.807) is 42.8 Å². The van der Waals surface area contributed by atoms with Crippen LogP contribution in [0.15, 0.2) is 28.7 Å². The molecule has 1 aromatic carbocycles. The minimum absolute atomic E-state index is 0.263. The molecule has 2 atom stereocenters. The zero-order valence-electron chi connectivity index (χ0n) is 17.0. The molecule has 13 heteroatoms. The number of amides is 4. The fraction of sp³-hybridized carbons (Fsp3) is 0.389. The highest BCUT2D eigenvalue weighted by atomic mass is 79.9. The van der Waals surface area contributed by atoms with Crippen molar-refractivity contribution in [2.45, 2.75) is 32.4 Å². The van der Waals surface area contributed by atoms with E-state index in [-0.39, 0.29) is 6.29 Å². The molecule has 0 saturated heterocycles. The molecule has 1 rings (SSSR count). The van der Waals surface area contributed by atoms with Crippen LogP contribution in [0.1, 0.15) is 20.3 Å². The van der Waals surface area contributed by atoms with Gasteiger partial charge in [-0.25, -0.2) is 8.42 Å². The largest absolute Gasteiger partial charge is 0.344 e. The maximum atomic E-state index is 12.5. The molecule has 4 N–H and O–H groups in total. The van der Waals surface area contributed by atoms with E-state index >= 15 is 0 Å². The molecular formula is C18H23BrN4O7S. The van der Waals surface area contributed by atoms with E-state index in [0.29, 0.717) is 10.2 Å². The number of benzene rings is 1. The van der Waals surface area contributed by atoms with Gasteiger partial charge in [0, 0.05) is 4.47 Å². The molecule has 31 heavy (non-hydrogen) atoms. The third-order valence-corrected chi connectivity index (χ3v) is 5.05. The molecule has 11 nitrogen and oxygen atoms in total. The zero-order chi connectivity index (χ0) is 23.8. The molecule has 170 valence electrons. The Bertz CT molecular complexity index is 965. The van der Waals surface area contributed by atoms with E-state index in [1.807, 2.05) is 0 Å². The molecule has 0 saturated carbocycles. The number of para-hydroxylation sites is 1. The smallest absolute Gasteiger partial charge is 0.313 e. The summed E-state index contributed by atoms with van der Waals surface area (Å²) in [6.45, 7) is 3.20. The summed E-state index contributed by atoms with van der Waals surface area (Å²) in [5.41, 5.74) is 0.353. The first-order chi connectivity index (χ1) is 14.3. The SMILES string of the molecule is CC(C)C(NC(=O)C(=O)Nc1ccccc1Br)C(=O)NC(C=O)CC(=O)NS(C)(=O)=O. The Hall–Kier alpha value is -2.80.